The summed E-state index contributed by atoms with van der Waals surface area (Å²) in [5.74, 6) is -1.54. The van der Waals surface area contributed by atoms with Crippen LogP contribution in [0.15, 0.2) is 42.5 Å². The van der Waals surface area contributed by atoms with Crippen LogP contribution in [0.25, 0.3) is 0 Å². The molecule has 0 bridgehead atoms. The van der Waals surface area contributed by atoms with Gasteiger partial charge in [0.1, 0.15) is 11.9 Å². The topological polar surface area (TPSA) is 139 Å². The van der Waals surface area contributed by atoms with Crippen molar-refractivity contribution < 1.29 is 39.1 Å². The first-order chi connectivity index (χ1) is 21.3. The van der Waals surface area contributed by atoms with Crippen molar-refractivity contribution in [2.45, 2.75) is 158 Å². The molecule has 0 spiro atoms. The van der Waals surface area contributed by atoms with Crippen molar-refractivity contribution in [3.05, 3.63) is 53.6 Å². The van der Waals surface area contributed by atoms with Crippen LogP contribution in [-0.2, 0) is 32.2 Å². The Kier molecular flexibility index (Phi) is 15.4. The summed E-state index contributed by atoms with van der Waals surface area (Å²) in [4.78, 5) is 11.4. The Morgan fingerprint density at radius 3 is 1.69 bits per heavy atom. The zero-order valence-corrected chi connectivity index (χ0v) is 30.7. The van der Waals surface area contributed by atoms with Crippen molar-refractivity contribution in [1.82, 2.24) is 0 Å². The molecule has 5 N–H and O–H groups in total. The zero-order valence-electron chi connectivity index (χ0n) is 30.7. The number of aliphatic hydroxyl groups excluding tert-OH is 2. The van der Waals surface area contributed by atoms with E-state index in [9.17, 15) is 20.1 Å². The van der Waals surface area contributed by atoms with Gasteiger partial charge in [-0.15, -0.1) is 0 Å². The minimum atomic E-state index is -1.57. The van der Waals surface area contributed by atoms with Gasteiger partial charge in [-0.25, -0.2) is 4.79 Å². The van der Waals surface area contributed by atoms with E-state index in [1.807, 2.05) is 53.7 Å². The summed E-state index contributed by atoms with van der Waals surface area (Å²) in [7, 11) is 0. The van der Waals surface area contributed by atoms with Crippen LogP contribution < -0.4 is 15.4 Å². The number of carbonyl (C=O) groups is 1. The first-order valence-corrected chi connectivity index (χ1v) is 16.3. The number of anilines is 2. The summed E-state index contributed by atoms with van der Waals surface area (Å²) in [6.07, 6.45) is -5.42. The first kappa shape index (κ1) is 43.1. The van der Waals surface area contributed by atoms with Gasteiger partial charge in [0.15, 0.2) is 6.10 Å². The van der Waals surface area contributed by atoms with Gasteiger partial charge in [-0.1, -0.05) is 32.5 Å². The molecule has 5 unspecified atom stereocenters. The van der Waals surface area contributed by atoms with Crippen LogP contribution in [-0.4, -0.2) is 68.2 Å². The summed E-state index contributed by atoms with van der Waals surface area (Å²) < 4.78 is 23.0. The predicted octanol–water partition coefficient (Wildman–Crippen LogP) is 7.61. The predicted molar refractivity (Wildman–Crippen MR) is 194 cm³/mol. The highest BCUT2D eigenvalue weighted by Crippen LogP contribution is 2.34. The molecule has 2 aromatic carbocycles. The van der Waals surface area contributed by atoms with Gasteiger partial charge in [-0.05, 0) is 118 Å². The normalized spacial score (nSPS) is 21.7. The first-order valence-electron chi connectivity index (χ1n) is 16.3. The van der Waals surface area contributed by atoms with Crippen LogP contribution in [0.1, 0.15) is 109 Å². The minimum Gasteiger partial charge on any atom is -0.479 e. The van der Waals surface area contributed by atoms with E-state index < -0.39 is 36.5 Å². The molecule has 3 rings (SSSR count). The molecular weight excluding hydrogens is 612 g/mol. The van der Waals surface area contributed by atoms with Gasteiger partial charge in [-0.2, -0.15) is 0 Å². The average Bonchev–Trinajstić information content (AvgIpc) is 2.90. The molecule has 10 heteroatoms. The van der Waals surface area contributed by atoms with Gasteiger partial charge < -0.3 is 44.9 Å². The Labute approximate surface area is 289 Å². The van der Waals surface area contributed by atoms with E-state index in [-0.39, 0.29) is 29.7 Å². The van der Waals surface area contributed by atoms with Gasteiger partial charge in [0.25, 0.3) is 0 Å². The quantitative estimate of drug-likeness (QED) is 0.180. The van der Waals surface area contributed by atoms with Crippen molar-refractivity contribution in [1.29, 1.82) is 0 Å². The van der Waals surface area contributed by atoms with Crippen molar-refractivity contribution in [2.24, 2.45) is 5.92 Å². The van der Waals surface area contributed by atoms with Crippen molar-refractivity contribution in [2.75, 3.05) is 10.6 Å². The van der Waals surface area contributed by atoms with E-state index in [1.165, 1.54) is 5.56 Å². The highest BCUT2D eigenvalue weighted by molar-refractivity contribution is 5.73. The van der Waals surface area contributed by atoms with Gasteiger partial charge >= 0.3 is 5.97 Å². The molecule has 10 nitrogen and oxygen atoms in total. The van der Waals surface area contributed by atoms with E-state index in [1.54, 1.807) is 13.0 Å². The molecule has 274 valence electrons. The average molecular weight is 677 g/mol. The second kappa shape index (κ2) is 17.2. The molecule has 0 radical (unpaired) electrons. The Balaban J connectivity index is 0.000000545. The Bertz CT molecular complexity index is 1270. The molecular formula is C38H64N2O8. The van der Waals surface area contributed by atoms with Crippen molar-refractivity contribution in [3.63, 3.8) is 0 Å². The molecule has 1 aliphatic rings. The van der Waals surface area contributed by atoms with Gasteiger partial charge in [0.05, 0.1) is 36.2 Å². The van der Waals surface area contributed by atoms with Gasteiger partial charge in [0.2, 0.25) is 6.29 Å². The Hall–Kier alpha value is -2.89. The number of hydrogen-bond acceptors (Lipinski definition) is 9. The summed E-state index contributed by atoms with van der Waals surface area (Å²) in [5, 5.41) is 36.4. The molecule has 0 amide bonds. The summed E-state index contributed by atoms with van der Waals surface area (Å²) in [6.45, 7) is 27.4. The van der Waals surface area contributed by atoms with E-state index in [0.717, 1.165) is 11.3 Å². The van der Waals surface area contributed by atoms with E-state index in [4.69, 9.17) is 18.9 Å². The van der Waals surface area contributed by atoms with E-state index in [0.29, 0.717) is 24.7 Å². The molecule has 1 aliphatic heterocycles. The molecule has 1 fully saturated rings. The van der Waals surface area contributed by atoms with Gasteiger partial charge in [-0.3, -0.25) is 0 Å². The molecule has 0 aromatic heterocycles. The van der Waals surface area contributed by atoms with Crippen molar-refractivity contribution in [3.8, 4) is 5.75 Å². The molecule has 0 saturated carbocycles. The summed E-state index contributed by atoms with van der Waals surface area (Å²) in [5.41, 5.74) is 3.48. The standard InChI is InChI=1S/C22H35NO7.C15H25NO.CH4/c1-12-16(24)17(25)18(19(26)27)30-20(12)29-15-9-8-13(11-28-22(5,6)7)10-14(15)23-21(2,3)4;1-14(2,3)16-13-9-7-12(8-10-13)11-17-15(4,5)6;/h8-10,12,16-18,20,23-25H,11H2,1-7H3,(H,26,27);7-10,16H,11H2,1-6H3;1H4. The second-order valence-electron chi connectivity index (χ2n) is 16.3. The van der Waals surface area contributed by atoms with Gasteiger partial charge in [0, 0.05) is 22.7 Å². The number of rotatable bonds is 9. The lowest BCUT2D eigenvalue weighted by molar-refractivity contribution is -0.251. The fourth-order valence-corrected chi connectivity index (χ4v) is 4.45. The fraction of sp³-hybridized carbons (Fsp3) is 0.658. The third-order valence-corrected chi connectivity index (χ3v) is 6.77. The molecule has 48 heavy (non-hydrogen) atoms. The molecule has 2 aromatic rings. The highest BCUT2D eigenvalue weighted by Gasteiger charge is 2.46. The number of carboxylic acids is 1. The largest absolute Gasteiger partial charge is 0.479 e. The number of nitrogens with one attached hydrogen (secondary N) is 2. The monoisotopic (exact) mass is 676 g/mol. The number of benzene rings is 2. The maximum atomic E-state index is 11.4. The third kappa shape index (κ3) is 15.6. The lowest BCUT2D eigenvalue weighted by atomic mass is 9.92. The number of ether oxygens (including phenoxy) is 4. The maximum Gasteiger partial charge on any atom is 0.335 e. The SMILES string of the molecule is C.CC(C)(C)Nc1ccc(COC(C)(C)C)cc1.CC1C(Oc2ccc(COC(C)(C)C)cc2NC(C)(C)C)OC(C(=O)O)C(O)C1O. The third-order valence-electron chi connectivity index (χ3n) is 6.77. The van der Waals surface area contributed by atoms with Crippen LogP contribution >= 0.6 is 0 Å². The minimum absolute atomic E-state index is 0. The molecule has 1 heterocycles. The lowest BCUT2D eigenvalue weighted by Crippen LogP contribution is -2.57. The van der Waals surface area contributed by atoms with Crippen LogP contribution in [0.4, 0.5) is 11.4 Å². The molecule has 1 saturated heterocycles. The number of carboxylic acid groups (broad SMARTS) is 1. The molecule has 5 atom stereocenters. The van der Waals surface area contributed by atoms with E-state index >= 15 is 0 Å². The highest BCUT2D eigenvalue weighted by atomic mass is 16.7. The maximum absolute atomic E-state index is 11.4. The Morgan fingerprint density at radius 2 is 1.23 bits per heavy atom. The van der Waals surface area contributed by atoms with Crippen LogP contribution in [0.5, 0.6) is 5.75 Å². The van der Waals surface area contributed by atoms with Crippen molar-refractivity contribution >= 4 is 17.3 Å². The van der Waals surface area contributed by atoms with Crippen LogP contribution in [0.2, 0.25) is 0 Å². The number of aliphatic hydroxyl groups is 2. The Morgan fingerprint density at radius 1 is 0.750 bits per heavy atom. The van der Waals surface area contributed by atoms with E-state index in [2.05, 4.69) is 76.4 Å². The number of aliphatic carboxylic acids is 1. The summed E-state index contributed by atoms with van der Waals surface area (Å²) >= 11 is 0. The number of hydrogen-bond donors (Lipinski definition) is 5. The van der Waals surface area contributed by atoms with Crippen LogP contribution in [0, 0.1) is 5.92 Å². The lowest BCUT2D eigenvalue weighted by Gasteiger charge is -2.40. The second-order valence-corrected chi connectivity index (χ2v) is 16.3. The molecule has 0 aliphatic carbocycles. The fourth-order valence-electron chi connectivity index (χ4n) is 4.45. The summed E-state index contributed by atoms with van der Waals surface area (Å²) in [6, 6.07) is 14.0. The van der Waals surface area contributed by atoms with Crippen LogP contribution in [0.3, 0.4) is 0 Å². The zero-order chi connectivity index (χ0) is 36.0. The smallest absolute Gasteiger partial charge is 0.335 e.